The van der Waals surface area contributed by atoms with Crippen LogP contribution in [0.15, 0.2) is 35.0 Å². The third-order valence-electron chi connectivity index (χ3n) is 2.84. The van der Waals surface area contributed by atoms with E-state index in [0.717, 1.165) is 0 Å². The fourth-order valence-electron chi connectivity index (χ4n) is 1.90. The molecule has 0 saturated carbocycles. The number of nitrogens with two attached hydrogens (primary N) is 1. The van der Waals surface area contributed by atoms with Gasteiger partial charge in [-0.1, -0.05) is 12.1 Å². The Labute approximate surface area is 121 Å². The number of carbonyl (C=O) groups is 1. The third kappa shape index (κ3) is 3.43. The predicted molar refractivity (Wildman–Crippen MR) is 79.7 cm³/mol. The summed E-state index contributed by atoms with van der Waals surface area (Å²) in [6.45, 7) is 3.56. The molecule has 5 heteroatoms. The Morgan fingerprint density at radius 3 is 2.05 bits per heavy atom. The second-order valence-electron chi connectivity index (χ2n) is 4.44. The van der Waals surface area contributed by atoms with Gasteiger partial charge < -0.3 is 10.5 Å². The molecule has 2 N–H and O–H groups in total. The molecule has 2 rings (SSSR count). The van der Waals surface area contributed by atoms with Crippen molar-refractivity contribution >= 4 is 28.6 Å². The molecule has 0 saturated heterocycles. The predicted octanol–water partition coefficient (Wildman–Crippen LogP) is 3.22. The number of ether oxygens (including phenoxy) is 1. The topological polar surface area (TPSA) is 52.3 Å². The lowest BCUT2D eigenvalue weighted by Crippen LogP contribution is -2.33. The van der Waals surface area contributed by atoms with E-state index in [0.29, 0.717) is 0 Å². The van der Waals surface area contributed by atoms with Gasteiger partial charge in [0.25, 0.3) is 0 Å². The fraction of sp³-hybridized carbons (Fsp3) is 0.357. The Kier molecular flexibility index (Phi) is 4.74. The number of hydrogen-bond acceptors (Lipinski definition) is 5. The zero-order chi connectivity index (χ0) is 13.8. The number of thiophene rings is 2. The van der Waals surface area contributed by atoms with Gasteiger partial charge in [-0.25, -0.2) is 0 Å². The third-order valence-corrected chi connectivity index (χ3v) is 4.75. The Morgan fingerprint density at radius 1 is 1.16 bits per heavy atom. The van der Waals surface area contributed by atoms with Crippen LogP contribution < -0.4 is 5.73 Å². The monoisotopic (exact) mass is 295 g/mol. The van der Waals surface area contributed by atoms with Crippen LogP contribution in [0.5, 0.6) is 0 Å². The lowest BCUT2D eigenvalue weighted by molar-refractivity contribution is -0.149. The smallest absolute Gasteiger partial charge is 0.322 e. The van der Waals surface area contributed by atoms with Gasteiger partial charge in [0.05, 0.1) is 5.92 Å². The molecule has 2 heterocycles. The summed E-state index contributed by atoms with van der Waals surface area (Å²) in [7, 11) is 0. The Bertz CT molecular complexity index is 471. The van der Waals surface area contributed by atoms with E-state index < -0.39 is 6.04 Å². The van der Waals surface area contributed by atoms with Crippen molar-refractivity contribution in [3.63, 3.8) is 0 Å². The molecule has 3 nitrogen and oxygen atoms in total. The largest absolute Gasteiger partial charge is 0.460 e. The first-order valence-electron chi connectivity index (χ1n) is 6.12. The molecule has 0 aromatic carbocycles. The van der Waals surface area contributed by atoms with E-state index in [1.807, 2.05) is 29.8 Å². The van der Waals surface area contributed by atoms with Crippen molar-refractivity contribution in [1.29, 1.82) is 0 Å². The highest BCUT2D eigenvalue weighted by Gasteiger charge is 2.27. The van der Waals surface area contributed by atoms with Crippen LogP contribution in [0.1, 0.15) is 29.5 Å². The summed E-state index contributed by atoms with van der Waals surface area (Å²) >= 11 is 3.35. The van der Waals surface area contributed by atoms with E-state index in [9.17, 15) is 4.79 Å². The molecule has 2 aromatic heterocycles. The lowest BCUT2D eigenvalue weighted by atomic mass is 9.99. The SMILES string of the molecule is C[C@H](N)C(=O)O[C@@H](C)C(c1cccs1)c1cccs1. The maximum Gasteiger partial charge on any atom is 0.322 e. The minimum absolute atomic E-state index is 0.0858. The van der Waals surface area contributed by atoms with Crippen LogP contribution in [0.4, 0.5) is 0 Å². The lowest BCUT2D eigenvalue weighted by Gasteiger charge is -2.23. The molecular weight excluding hydrogens is 278 g/mol. The maximum atomic E-state index is 11.7. The van der Waals surface area contributed by atoms with Crippen LogP contribution in [0.25, 0.3) is 0 Å². The minimum atomic E-state index is -0.588. The van der Waals surface area contributed by atoms with Crippen LogP contribution in [0.3, 0.4) is 0 Å². The molecule has 0 radical (unpaired) electrons. The molecule has 0 aliphatic carbocycles. The van der Waals surface area contributed by atoms with Crippen LogP contribution in [0, 0.1) is 0 Å². The van der Waals surface area contributed by atoms with E-state index in [1.165, 1.54) is 9.75 Å². The van der Waals surface area contributed by atoms with Crippen LogP contribution in [-0.2, 0) is 9.53 Å². The Morgan fingerprint density at radius 2 is 1.68 bits per heavy atom. The molecule has 19 heavy (non-hydrogen) atoms. The molecule has 0 bridgehead atoms. The van der Waals surface area contributed by atoms with Gasteiger partial charge in [-0.05, 0) is 36.7 Å². The van der Waals surface area contributed by atoms with Gasteiger partial charge >= 0.3 is 5.97 Å². The number of rotatable bonds is 5. The van der Waals surface area contributed by atoms with Gasteiger partial charge in [-0.3, -0.25) is 4.79 Å². The number of carbonyl (C=O) groups excluding carboxylic acids is 1. The van der Waals surface area contributed by atoms with E-state index >= 15 is 0 Å². The maximum absolute atomic E-state index is 11.7. The summed E-state index contributed by atoms with van der Waals surface area (Å²) in [5, 5.41) is 4.08. The van der Waals surface area contributed by atoms with Gasteiger partial charge in [-0.2, -0.15) is 0 Å². The van der Waals surface area contributed by atoms with Gasteiger partial charge in [0, 0.05) is 9.75 Å². The molecule has 0 aliphatic heterocycles. The second-order valence-corrected chi connectivity index (χ2v) is 6.40. The van der Waals surface area contributed by atoms with E-state index in [-0.39, 0.29) is 18.0 Å². The average Bonchev–Trinajstić information content (AvgIpc) is 3.02. The summed E-state index contributed by atoms with van der Waals surface area (Å²) < 4.78 is 5.47. The van der Waals surface area contributed by atoms with Crippen molar-refractivity contribution in [1.82, 2.24) is 0 Å². The molecule has 102 valence electrons. The molecule has 2 atom stereocenters. The van der Waals surface area contributed by atoms with E-state index in [4.69, 9.17) is 10.5 Å². The summed E-state index contributed by atoms with van der Waals surface area (Å²) in [5.74, 6) is -0.270. The van der Waals surface area contributed by atoms with E-state index in [1.54, 1.807) is 29.6 Å². The number of esters is 1. The van der Waals surface area contributed by atoms with Crippen LogP contribution in [0.2, 0.25) is 0 Å². The van der Waals surface area contributed by atoms with Crippen molar-refractivity contribution < 1.29 is 9.53 Å². The fourth-order valence-corrected chi connectivity index (χ4v) is 3.85. The normalized spacial score (nSPS) is 14.3. The molecule has 0 spiro atoms. The first kappa shape index (κ1) is 14.2. The molecule has 0 amide bonds. The van der Waals surface area contributed by atoms with Gasteiger partial charge in [0.15, 0.2) is 0 Å². The number of hydrogen-bond donors (Lipinski definition) is 1. The molecule has 0 unspecified atom stereocenters. The summed E-state index contributed by atoms with van der Waals surface area (Å²) in [6, 6.07) is 7.59. The quantitative estimate of drug-likeness (QED) is 0.862. The van der Waals surface area contributed by atoms with Gasteiger partial charge in [0.1, 0.15) is 12.1 Å². The summed E-state index contributed by atoms with van der Waals surface area (Å²) in [6.07, 6.45) is -0.226. The highest BCUT2D eigenvalue weighted by molar-refractivity contribution is 7.11. The average molecular weight is 295 g/mol. The standard InChI is InChI=1S/C14H17NO2S2/c1-9(15)14(16)17-10(2)13(11-5-3-7-18-11)12-6-4-8-19-12/h3-10,13H,15H2,1-2H3/t9-,10-/m0/s1. The van der Waals surface area contributed by atoms with Gasteiger partial charge in [0.2, 0.25) is 0 Å². The summed E-state index contributed by atoms with van der Waals surface area (Å²) in [4.78, 5) is 14.1. The first-order valence-corrected chi connectivity index (χ1v) is 7.88. The van der Waals surface area contributed by atoms with Crippen molar-refractivity contribution in [3.8, 4) is 0 Å². The highest BCUT2D eigenvalue weighted by Crippen LogP contribution is 2.35. The van der Waals surface area contributed by atoms with Crippen molar-refractivity contribution in [2.24, 2.45) is 5.73 Å². The second kappa shape index (κ2) is 6.32. The van der Waals surface area contributed by atoms with Crippen molar-refractivity contribution in [2.75, 3.05) is 0 Å². The van der Waals surface area contributed by atoms with Gasteiger partial charge in [-0.15, -0.1) is 22.7 Å². The minimum Gasteiger partial charge on any atom is -0.460 e. The Hall–Kier alpha value is -1.17. The Balaban J connectivity index is 2.21. The van der Waals surface area contributed by atoms with Crippen molar-refractivity contribution in [3.05, 3.63) is 44.8 Å². The molecular formula is C14H17NO2S2. The van der Waals surface area contributed by atoms with Crippen LogP contribution in [-0.4, -0.2) is 18.1 Å². The zero-order valence-corrected chi connectivity index (χ0v) is 12.5. The van der Waals surface area contributed by atoms with E-state index in [2.05, 4.69) is 12.1 Å². The zero-order valence-electron chi connectivity index (χ0n) is 10.9. The first-order chi connectivity index (χ1) is 9.09. The molecule has 2 aromatic rings. The molecule has 0 aliphatic rings. The van der Waals surface area contributed by atoms with Crippen LogP contribution >= 0.6 is 22.7 Å². The van der Waals surface area contributed by atoms with Crippen molar-refractivity contribution in [2.45, 2.75) is 31.9 Å². The highest BCUT2D eigenvalue weighted by atomic mass is 32.1. The molecule has 0 fully saturated rings. The summed E-state index contributed by atoms with van der Waals surface area (Å²) in [5.41, 5.74) is 5.55.